The van der Waals surface area contributed by atoms with Crippen molar-refractivity contribution >= 4 is 15.9 Å². The third-order valence-corrected chi connectivity index (χ3v) is 4.61. The van der Waals surface area contributed by atoms with Crippen molar-refractivity contribution in [2.45, 2.75) is 12.2 Å². The second-order valence-corrected chi connectivity index (χ2v) is 7.06. The average Bonchev–Trinajstić information content (AvgIpc) is 2.56. The maximum atomic E-state index is 13.5. The maximum absolute atomic E-state index is 13.5. The number of halogens is 1. The number of hydrogen-bond acceptors (Lipinski definition) is 3. The zero-order valence-electron chi connectivity index (χ0n) is 13.0. The van der Waals surface area contributed by atoms with Crippen molar-refractivity contribution in [1.29, 1.82) is 0 Å². The molecule has 2 aromatic carbocycles. The first kappa shape index (κ1) is 18.1. The molecule has 128 valence electrons. The van der Waals surface area contributed by atoms with Gasteiger partial charge >= 0.3 is 0 Å². The molecule has 7 heteroatoms. The number of rotatable bonds is 8. The SMILES string of the molecule is O=C(CNS(=O)(=O)Cc1ccccc1F)NCCc1ccccc1. The highest BCUT2D eigenvalue weighted by Crippen LogP contribution is 2.09. The van der Waals surface area contributed by atoms with E-state index in [1.54, 1.807) is 6.07 Å². The summed E-state index contributed by atoms with van der Waals surface area (Å²) in [7, 11) is -3.78. The number of carbonyl (C=O) groups excluding carboxylic acids is 1. The smallest absolute Gasteiger partial charge is 0.235 e. The molecule has 0 saturated heterocycles. The Morgan fingerprint density at radius 3 is 2.38 bits per heavy atom. The molecule has 2 rings (SSSR count). The van der Waals surface area contributed by atoms with Gasteiger partial charge in [0.05, 0.1) is 12.3 Å². The Hall–Kier alpha value is -2.25. The molecule has 0 aliphatic rings. The fourth-order valence-corrected chi connectivity index (χ4v) is 3.20. The fraction of sp³-hybridized carbons (Fsp3) is 0.235. The van der Waals surface area contributed by atoms with Crippen LogP contribution in [0.3, 0.4) is 0 Å². The first-order valence-corrected chi connectivity index (χ1v) is 9.13. The molecule has 0 aliphatic heterocycles. The Bertz CT molecular complexity index is 779. The molecule has 0 radical (unpaired) electrons. The van der Waals surface area contributed by atoms with Crippen LogP contribution in [0.4, 0.5) is 4.39 Å². The minimum atomic E-state index is -3.78. The molecule has 0 spiro atoms. The summed E-state index contributed by atoms with van der Waals surface area (Å²) in [4.78, 5) is 11.7. The van der Waals surface area contributed by atoms with Crippen LogP contribution in [0.2, 0.25) is 0 Å². The third kappa shape index (κ3) is 6.10. The van der Waals surface area contributed by atoms with Crippen molar-refractivity contribution in [3.63, 3.8) is 0 Å². The number of amides is 1. The Balaban J connectivity index is 1.75. The van der Waals surface area contributed by atoms with Crippen LogP contribution >= 0.6 is 0 Å². The molecule has 0 aliphatic carbocycles. The molecule has 0 unspecified atom stereocenters. The largest absolute Gasteiger partial charge is 0.355 e. The van der Waals surface area contributed by atoms with Gasteiger partial charge in [-0.1, -0.05) is 48.5 Å². The van der Waals surface area contributed by atoms with Gasteiger partial charge in [0.25, 0.3) is 0 Å². The minimum absolute atomic E-state index is 0.0643. The molecular formula is C17H19FN2O3S. The van der Waals surface area contributed by atoms with Crippen LogP contribution in [-0.2, 0) is 27.0 Å². The van der Waals surface area contributed by atoms with E-state index in [0.717, 1.165) is 5.56 Å². The van der Waals surface area contributed by atoms with Gasteiger partial charge in [0, 0.05) is 12.1 Å². The third-order valence-electron chi connectivity index (χ3n) is 3.33. The summed E-state index contributed by atoms with van der Waals surface area (Å²) in [6.07, 6.45) is 0.661. The van der Waals surface area contributed by atoms with Crippen molar-refractivity contribution in [2.24, 2.45) is 0 Å². The molecule has 5 nitrogen and oxygen atoms in total. The molecule has 0 aromatic heterocycles. The predicted octanol–water partition coefficient (Wildman–Crippen LogP) is 1.60. The Kier molecular flexibility index (Phi) is 6.45. The van der Waals surface area contributed by atoms with Gasteiger partial charge in [-0.3, -0.25) is 4.79 Å². The van der Waals surface area contributed by atoms with Crippen molar-refractivity contribution in [2.75, 3.05) is 13.1 Å². The number of nitrogens with one attached hydrogen (secondary N) is 2. The second kappa shape index (κ2) is 8.56. The Labute approximate surface area is 141 Å². The lowest BCUT2D eigenvalue weighted by Crippen LogP contribution is -2.38. The summed E-state index contributed by atoms with van der Waals surface area (Å²) >= 11 is 0. The zero-order chi connectivity index (χ0) is 17.4. The summed E-state index contributed by atoms with van der Waals surface area (Å²) in [5, 5.41) is 2.64. The second-order valence-electron chi connectivity index (χ2n) is 5.26. The predicted molar refractivity (Wildman–Crippen MR) is 90.2 cm³/mol. The maximum Gasteiger partial charge on any atom is 0.235 e. The molecule has 0 bridgehead atoms. The normalized spacial score (nSPS) is 11.2. The molecule has 0 heterocycles. The standard InChI is InChI=1S/C17H19FN2O3S/c18-16-9-5-4-8-15(16)13-24(22,23)20-12-17(21)19-11-10-14-6-2-1-3-7-14/h1-9,20H,10-13H2,(H,19,21). The number of benzene rings is 2. The van der Waals surface area contributed by atoms with E-state index in [4.69, 9.17) is 0 Å². The van der Waals surface area contributed by atoms with Crippen LogP contribution in [0, 0.1) is 5.82 Å². The Morgan fingerprint density at radius 2 is 1.67 bits per heavy atom. The summed E-state index contributed by atoms with van der Waals surface area (Å²) < 4.78 is 39.4. The van der Waals surface area contributed by atoms with Crippen molar-refractivity contribution in [3.05, 3.63) is 71.5 Å². The van der Waals surface area contributed by atoms with Crippen molar-refractivity contribution in [3.8, 4) is 0 Å². The fourth-order valence-electron chi connectivity index (χ4n) is 2.10. The van der Waals surface area contributed by atoms with Crippen LogP contribution in [0.5, 0.6) is 0 Å². The van der Waals surface area contributed by atoms with Gasteiger partial charge < -0.3 is 5.32 Å². The molecule has 1 amide bonds. The molecule has 24 heavy (non-hydrogen) atoms. The lowest BCUT2D eigenvalue weighted by molar-refractivity contribution is -0.119. The first-order chi connectivity index (χ1) is 11.5. The molecule has 0 saturated carbocycles. The summed E-state index contributed by atoms with van der Waals surface area (Å²) in [6.45, 7) is 0.0451. The number of sulfonamides is 1. The average molecular weight is 350 g/mol. The molecule has 0 fully saturated rings. The van der Waals surface area contributed by atoms with Crippen LogP contribution < -0.4 is 10.0 Å². The first-order valence-electron chi connectivity index (χ1n) is 7.48. The topological polar surface area (TPSA) is 75.3 Å². The number of hydrogen-bond donors (Lipinski definition) is 2. The van der Waals surface area contributed by atoms with E-state index in [2.05, 4.69) is 10.0 Å². The molecular weight excluding hydrogens is 331 g/mol. The highest BCUT2D eigenvalue weighted by atomic mass is 32.2. The van der Waals surface area contributed by atoms with E-state index >= 15 is 0 Å². The van der Waals surface area contributed by atoms with E-state index in [0.29, 0.717) is 13.0 Å². The number of carbonyl (C=O) groups is 1. The summed E-state index contributed by atoms with van der Waals surface area (Å²) in [5.41, 5.74) is 1.15. The summed E-state index contributed by atoms with van der Waals surface area (Å²) in [5.74, 6) is -1.52. The lowest BCUT2D eigenvalue weighted by atomic mass is 10.1. The Morgan fingerprint density at radius 1 is 1.00 bits per heavy atom. The summed E-state index contributed by atoms with van der Waals surface area (Å²) in [6, 6.07) is 15.3. The highest BCUT2D eigenvalue weighted by molar-refractivity contribution is 7.88. The van der Waals surface area contributed by atoms with Crippen LogP contribution in [-0.4, -0.2) is 27.4 Å². The van der Waals surface area contributed by atoms with Gasteiger partial charge in [-0.05, 0) is 18.1 Å². The van der Waals surface area contributed by atoms with E-state index in [1.165, 1.54) is 18.2 Å². The van der Waals surface area contributed by atoms with Crippen molar-refractivity contribution in [1.82, 2.24) is 10.0 Å². The van der Waals surface area contributed by atoms with Crippen LogP contribution in [0.15, 0.2) is 54.6 Å². The van der Waals surface area contributed by atoms with E-state index in [9.17, 15) is 17.6 Å². The van der Waals surface area contributed by atoms with Crippen LogP contribution in [0.25, 0.3) is 0 Å². The van der Waals surface area contributed by atoms with Gasteiger partial charge in [0.2, 0.25) is 15.9 Å². The molecule has 0 atom stereocenters. The van der Waals surface area contributed by atoms with Crippen molar-refractivity contribution < 1.29 is 17.6 Å². The van der Waals surface area contributed by atoms with Gasteiger partial charge in [0.1, 0.15) is 5.82 Å². The van der Waals surface area contributed by atoms with E-state index in [-0.39, 0.29) is 12.1 Å². The quantitative estimate of drug-likeness (QED) is 0.759. The highest BCUT2D eigenvalue weighted by Gasteiger charge is 2.15. The van der Waals surface area contributed by atoms with Gasteiger partial charge in [-0.25, -0.2) is 17.5 Å². The van der Waals surface area contributed by atoms with Gasteiger partial charge in [-0.2, -0.15) is 0 Å². The zero-order valence-corrected chi connectivity index (χ0v) is 13.9. The lowest BCUT2D eigenvalue weighted by Gasteiger charge is -2.08. The van der Waals surface area contributed by atoms with Gasteiger partial charge in [-0.15, -0.1) is 0 Å². The minimum Gasteiger partial charge on any atom is -0.355 e. The van der Waals surface area contributed by atoms with Gasteiger partial charge in [0.15, 0.2) is 0 Å². The van der Waals surface area contributed by atoms with E-state index < -0.39 is 27.5 Å². The monoisotopic (exact) mass is 350 g/mol. The van der Waals surface area contributed by atoms with Crippen LogP contribution in [0.1, 0.15) is 11.1 Å². The van der Waals surface area contributed by atoms with E-state index in [1.807, 2.05) is 30.3 Å². The molecule has 2 N–H and O–H groups in total. The molecule has 2 aromatic rings.